The van der Waals surface area contributed by atoms with Crippen molar-refractivity contribution < 1.29 is 13.9 Å². The first kappa shape index (κ1) is 17.5. The van der Waals surface area contributed by atoms with Crippen LogP contribution in [0, 0.1) is 0 Å². The number of furan rings is 1. The van der Waals surface area contributed by atoms with Crippen LogP contribution in [0.2, 0.25) is 0 Å². The minimum atomic E-state index is -0.278. The van der Waals surface area contributed by atoms with Crippen molar-refractivity contribution in [2.75, 3.05) is 7.11 Å². The van der Waals surface area contributed by atoms with E-state index in [1.54, 1.807) is 19.2 Å². The molecule has 0 fully saturated rings. The van der Waals surface area contributed by atoms with Gasteiger partial charge in [0.25, 0.3) is 0 Å². The number of amides is 1. The minimum Gasteiger partial charge on any atom is -0.497 e. The highest BCUT2D eigenvalue weighted by molar-refractivity contribution is 9.10. The van der Waals surface area contributed by atoms with Crippen molar-refractivity contribution in [3.05, 3.63) is 88.3 Å². The van der Waals surface area contributed by atoms with E-state index in [1.165, 1.54) is 5.01 Å². The Morgan fingerprint density at radius 3 is 2.67 bits per heavy atom. The topological polar surface area (TPSA) is 55.0 Å². The molecule has 0 radical (unpaired) electrons. The molecule has 0 bridgehead atoms. The van der Waals surface area contributed by atoms with Gasteiger partial charge in [0.15, 0.2) is 10.4 Å². The normalized spacial score (nSPS) is 16.3. The van der Waals surface area contributed by atoms with Gasteiger partial charge in [-0.1, -0.05) is 42.5 Å². The summed E-state index contributed by atoms with van der Waals surface area (Å²) in [4.78, 5) is 13.0. The van der Waals surface area contributed by atoms with Crippen molar-refractivity contribution in [1.82, 2.24) is 5.01 Å². The van der Waals surface area contributed by atoms with E-state index in [4.69, 9.17) is 9.15 Å². The molecule has 1 atom stereocenters. The number of rotatable bonds is 4. The molecule has 27 heavy (non-hydrogen) atoms. The van der Waals surface area contributed by atoms with Crippen molar-refractivity contribution in [3.63, 3.8) is 0 Å². The van der Waals surface area contributed by atoms with Crippen LogP contribution in [0.5, 0.6) is 5.75 Å². The van der Waals surface area contributed by atoms with Crippen LogP contribution in [-0.4, -0.2) is 23.7 Å². The fraction of sp³-hybridized carbons (Fsp3) is 0.143. The number of hydrazone groups is 1. The van der Waals surface area contributed by atoms with Crippen LogP contribution in [0.25, 0.3) is 0 Å². The van der Waals surface area contributed by atoms with E-state index < -0.39 is 0 Å². The maximum absolute atomic E-state index is 13.0. The SMILES string of the molecule is COc1cccc(C2CC(c3ccccc3)=NN2C(=O)c2ccc(Br)o2)c1. The highest BCUT2D eigenvalue weighted by atomic mass is 79.9. The summed E-state index contributed by atoms with van der Waals surface area (Å²) in [6, 6.07) is 20.7. The molecule has 1 aliphatic heterocycles. The molecule has 3 aromatic rings. The molecule has 0 aliphatic carbocycles. The Balaban J connectivity index is 1.73. The summed E-state index contributed by atoms with van der Waals surface area (Å²) in [6.45, 7) is 0. The van der Waals surface area contributed by atoms with Crippen LogP contribution in [0.4, 0.5) is 0 Å². The van der Waals surface area contributed by atoms with Crippen LogP contribution in [0.15, 0.2) is 80.9 Å². The van der Waals surface area contributed by atoms with E-state index in [1.807, 2.05) is 54.6 Å². The number of methoxy groups -OCH3 is 1. The number of halogens is 1. The van der Waals surface area contributed by atoms with E-state index in [0.717, 1.165) is 22.6 Å². The number of ether oxygens (including phenoxy) is 1. The van der Waals surface area contributed by atoms with E-state index >= 15 is 0 Å². The van der Waals surface area contributed by atoms with Crippen LogP contribution in [0.3, 0.4) is 0 Å². The monoisotopic (exact) mass is 424 g/mol. The van der Waals surface area contributed by atoms with E-state index in [9.17, 15) is 4.79 Å². The van der Waals surface area contributed by atoms with E-state index in [0.29, 0.717) is 11.1 Å². The number of hydrogen-bond donors (Lipinski definition) is 0. The summed E-state index contributed by atoms with van der Waals surface area (Å²) in [5.74, 6) is 0.709. The Morgan fingerprint density at radius 2 is 1.96 bits per heavy atom. The Bertz CT molecular complexity index is 997. The molecule has 1 aliphatic rings. The molecule has 136 valence electrons. The average Bonchev–Trinajstić information content (AvgIpc) is 3.35. The summed E-state index contributed by atoms with van der Waals surface area (Å²) < 4.78 is 11.3. The smallest absolute Gasteiger partial charge is 0.310 e. The van der Waals surface area contributed by atoms with Gasteiger partial charge in [0.1, 0.15) is 5.75 Å². The summed E-state index contributed by atoms with van der Waals surface area (Å²) in [5, 5.41) is 6.14. The Labute approximate surface area is 165 Å². The zero-order valence-electron chi connectivity index (χ0n) is 14.6. The maximum Gasteiger partial charge on any atom is 0.310 e. The molecule has 0 saturated heterocycles. The van der Waals surface area contributed by atoms with Gasteiger partial charge in [0.2, 0.25) is 0 Å². The summed E-state index contributed by atoms with van der Waals surface area (Å²) in [6.07, 6.45) is 0.616. The van der Waals surface area contributed by atoms with Gasteiger partial charge in [-0.3, -0.25) is 4.79 Å². The lowest BCUT2D eigenvalue weighted by atomic mass is 9.98. The second kappa shape index (κ2) is 7.40. The lowest BCUT2D eigenvalue weighted by Crippen LogP contribution is -2.26. The number of benzene rings is 2. The zero-order valence-corrected chi connectivity index (χ0v) is 16.2. The summed E-state index contributed by atoms with van der Waals surface area (Å²) in [7, 11) is 1.63. The van der Waals surface area contributed by atoms with Crippen LogP contribution < -0.4 is 4.74 Å². The van der Waals surface area contributed by atoms with E-state index in [2.05, 4.69) is 21.0 Å². The quantitative estimate of drug-likeness (QED) is 0.589. The lowest BCUT2D eigenvalue weighted by Gasteiger charge is -2.21. The van der Waals surface area contributed by atoms with E-state index in [-0.39, 0.29) is 17.7 Å². The fourth-order valence-electron chi connectivity index (χ4n) is 3.15. The van der Waals surface area contributed by atoms with Gasteiger partial charge in [-0.05, 0) is 51.3 Å². The van der Waals surface area contributed by atoms with Gasteiger partial charge in [-0.15, -0.1) is 0 Å². The first-order chi connectivity index (χ1) is 13.2. The zero-order chi connectivity index (χ0) is 18.8. The molecule has 0 spiro atoms. The second-order valence-electron chi connectivity index (χ2n) is 6.16. The van der Waals surface area contributed by atoms with Crippen LogP contribution in [-0.2, 0) is 0 Å². The molecule has 2 heterocycles. The third-order valence-corrected chi connectivity index (χ3v) is 4.91. The molecule has 1 unspecified atom stereocenters. The third kappa shape index (κ3) is 3.53. The standard InChI is InChI=1S/C21H17BrN2O3/c1-26-16-9-5-8-15(12-16)18-13-17(14-6-3-2-4-7-14)23-24(18)21(25)19-10-11-20(22)27-19/h2-12,18H,13H2,1H3. The van der Waals surface area contributed by atoms with Crippen LogP contribution >= 0.6 is 15.9 Å². The molecule has 2 aromatic carbocycles. The number of carbonyl (C=O) groups excluding carboxylic acids is 1. The first-order valence-corrected chi connectivity index (χ1v) is 9.31. The lowest BCUT2D eigenvalue weighted by molar-refractivity contribution is 0.0677. The minimum absolute atomic E-state index is 0.230. The second-order valence-corrected chi connectivity index (χ2v) is 6.94. The van der Waals surface area contributed by atoms with Crippen molar-refractivity contribution >= 4 is 27.5 Å². The Morgan fingerprint density at radius 1 is 1.15 bits per heavy atom. The van der Waals surface area contributed by atoms with Crippen molar-refractivity contribution in [2.45, 2.75) is 12.5 Å². The van der Waals surface area contributed by atoms with Crippen LogP contribution in [0.1, 0.15) is 34.1 Å². The molecular formula is C21H17BrN2O3. The number of carbonyl (C=O) groups is 1. The molecule has 0 saturated carbocycles. The number of hydrogen-bond acceptors (Lipinski definition) is 4. The van der Waals surface area contributed by atoms with Crippen molar-refractivity contribution in [2.24, 2.45) is 5.10 Å². The molecular weight excluding hydrogens is 408 g/mol. The van der Waals surface area contributed by atoms with Gasteiger partial charge in [-0.25, -0.2) is 5.01 Å². The largest absolute Gasteiger partial charge is 0.497 e. The Hall–Kier alpha value is -2.86. The summed E-state index contributed by atoms with van der Waals surface area (Å²) in [5.41, 5.74) is 2.83. The van der Waals surface area contributed by atoms with Gasteiger partial charge in [0.05, 0.1) is 18.9 Å². The fourth-order valence-corrected chi connectivity index (χ4v) is 3.46. The third-order valence-electron chi connectivity index (χ3n) is 4.49. The number of nitrogens with zero attached hydrogens (tertiary/aromatic N) is 2. The summed E-state index contributed by atoms with van der Waals surface area (Å²) >= 11 is 3.25. The first-order valence-electron chi connectivity index (χ1n) is 8.51. The van der Waals surface area contributed by atoms with Crippen molar-refractivity contribution in [1.29, 1.82) is 0 Å². The highest BCUT2D eigenvalue weighted by Crippen LogP contribution is 2.35. The predicted molar refractivity (Wildman–Crippen MR) is 106 cm³/mol. The van der Waals surface area contributed by atoms with Gasteiger partial charge < -0.3 is 9.15 Å². The van der Waals surface area contributed by atoms with Gasteiger partial charge in [-0.2, -0.15) is 5.10 Å². The average molecular weight is 425 g/mol. The van der Waals surface area contributed by atoms with Gasteiger partial charge >= 0.3 is 5.91 Å². The molecule has 6 heteroatoms. The molecule has 5 nitrogen and oxygen atoms in total. The molecule has 1 aromatic heterocycles. The van der Waals surface area contributed by atoms with Gasteiger partial charge in [0, 0.05) is 6.42 Å². The highest BCUT2D eigenvalue weighted by Gasteiger charge is 2.35. The molecule has 0 N–H and O–H groups in total. The molecule has 4 rings (SSSR count). The Kier molecular flexibility index (Phi) is 4.81. The predicted octanol–water partition coefficient (Wildman–Crippen LogP) is 5.04. The maximum atomic E-state index is 13.0. The van der Waals surface area contributed by atoms with Crippen molar-refractivity contribution in [3.8, 4) is 5.75 Å². The molecule has 1 amide bonds.